The minimum absolute atomic E-state index is 0.137. The van der Waals surface area contributed by atoms with Crippen LogP contribution in [0.2, 0.25) is 0 Å². The van der Waals surface area contributed by atoms with Gasteiger partial charge < -0.3 is 9.80 Å². The van der Waals surface area contributed by atoms with Gasteiger partial charge in [-0.15, -0.1) is 0 Å². The number of piperazine rings is 1. The summed E-state index contributed by atoms with van der Waals surface area (Å²) < 4.78 is 0. The van der Waals surface area contributed by atoms with E-state index in [1.165, 1.54) is 25.7 Å². The molecule has 0 N–H and O–H groups in total. The Morgan fingerprint density at radius 1 is 1.16 bits per heavy atom. The Morgan fingerprint density at radius 3 is 2.79 bits per heavy atom. The Bertz CT molecular complexity index is 382. The molecule has 2 amide bonds. The first-order chi connectivity index (χ1) is 9.15. The van der Waals surface area contributed by atoms with Crippen LogP contribution >= 0.6 is 0 Å². The highest BCUT2D eigenvalue weighted by Crippen LogP contribution is 2.31. The zero-order valence-electron chi connectivity index (χ0n) is 11.8. The quantitative estimate of drug-likeness (QED) is 0.761. The van der Waals surface area contributed by atoms with Gasteiger partial charge in [0.1, 0.15) is 6.04 Å². The second-order valence-corrected chi connectivity index (χ2v) is 6.60. The minimum Gasteiger partial charge on any atom is -0.331 e. The summed E-state index contributed by atoms with van der Waals surface area (Å²) in [5.41, 5.74) is 0. The molecule has 3 aliphatic rings. The van der Waals surface area contributed by atoms with Crippen LogP contribution in [0.4, 0.5) is 0 Å². The predicted molar refractivity (Wildman–Crippen MR) is 72.4 cm³/mol. The van der Waals surface area contributed by atoms with Gasteiger partial charge in [-0.1, -0.05) is 19.8 Å². The molecule has 2 saturated heterocycles. The lowest BCUT2D eigenvalue weighted by atomic mass is 9.82. The van der Waals surface area contributed by atoms with Gasteiger partial charge in [-0.3, -0.25) is 9.59 Å². The van der Waals surface area contributed by atoms with E-state index in [9.17, 15) is 9.59 Å². The second-order valence-electron chi connectivity index (χ2n) is 6.60. The SMILES string of the molecule is CC1CCCC(CN2CC(=O)N3CCCC3C2=O)C1. The van der Waals surface area contributed by atoms with Gasteiger partial charge in [-0.25, -0.2) is 0 Å². The number of carbonyl (C=O) groups excluding carboxylic acids is 2. The van der Waals surface area contributed by atoms with Crippen LogP contribution in [0.5, 0.6) is 0 Å². The van der Waals surface area contributed by atoms with E-state index in [0.717, 1.165) is 31.8 Å². The molecule has 106 valence electrons. The maximum atomic E-state index is 12.4. The molecule has 3 unspecified atom stereocenters. The van der Waals surface area contributed by atoms with Crippen LogP contribution in [0.1, 0.15) is 45.4 Å². The first-order valence-corrected chi connectivity index (χ1v) is 7.73. The average molecular weight is 264 g/mol. The molecule has 3 atom stereocenters. The van der Waals surface area contributed by atoms with Gasteiger partial charge in [0.15, 0.2) is 0 Å². The molecule has 0 aromatic carbocycles. The highest BCUT2D eigenvalue weighted by Gasteiger charge is 2.42. The van der Waals surface area contributed by atoms with Crippen molar-refractivity contribution in [1.29, 1.82) is 0 Å². The van der Waals surface area contributed by atoms with Gasteiger partial charge in [0.2, 0.25) is 11.8 Å². The summed E-state index contributed by atoms with van der Waals surface area (Å²) in [5, 5.41) is 0. The van der Waals surface area contributed by atoms with Crippen molar-refractivity contribution in [2.45, 2.75) is 51.5 Å². The zero-order valence-corrected chi connectivity index (χ0v) is 11.8. The molecule has 1 aliphatic carbocycles. The van der Waals surface area contributed by atoms with E-state index in [1.807, 2.05) is 4.90 Å². The van der Waals surface area contributed by atoms with Crippen molar-refractivity contribution < 1.29 is 9.59 Å². The van der Waals surface area contributed by atoms with Crippen molar-refractivity contribution in [3.63, 3.8) is 0 Å². The Hall–Kier alpha value is -1.06. The highest BCUT2D eigenvalue weighted by molar-refractivity contribution is 5.95. The van der Waals surface area contributed by atoms with Crippen molar-refractivity contribution >= 4 is 11.8 Å². The molecule has 0 bridgehead atoms. The molecule has 2 aliphatic heterocycles. The molecule has 3 rings (SSSR count). The van der Waals surface area contributed by atoms with Gasteiger partial charge in [-0.2, -0.15) is 0 Å². The number of hydrogen-bond donors (Lipinski definition) is 0. The molecular formula is C15H24N2O2. The normalized spacial score (nSPS) is 35.7. The molecule has 3 fully saturated rings. The highest BCUT2D eigenvalue weighted by atomic mass is 16.2. The van der Waals surface area contributed by atoms with E-state index in [1.54, 1.807) is 4.90 Å². The van der Waals surface area contributed by atoms with E-state index in [2.05, 4.69) is 6.92 Å². The summed E-state index contributed by atoms with van der Waals surface area (Å²) in [6.45, 7) is 4.21. The van der Waals surface area contributed by atoms with Crippen LogP contribution in [0, 0.1) is 11.8 Å². The fourth-order valence-electron chi connectivity index (χ4n) is 4.06. The number of hydrogen-bond acceptors (Lipinski definition) is 2. The van der Waals surface area contributed by atoms with E-state index in [4.69, 9.17) is 0 Å². The largest absolute Gasteiger partial charge is 0.331 e. The van der Waals surface area contributed by atoms with Crippen molar-refractivity contribution in [2.75, 3.05) is 19.6 Å². The summed E-state index contributed by atoms with van der Waals surface area (Å²) in [6, 6.07) is -0.137. The molecule has 19 heavy (non-hydrogen) atoms. The van der Waals surface area contributed by atoms with Gasteiger partial charge in [-0.05, 0) is 37.5 Å². The van der Waals surface area contributed by atoms with Gasteiger partial charge in [0.25, 0.3) is 0 Å². The van der Waals surface area contributed by atoms with Crippen LogP contribution in [0.15, 0.2) is 0 Å². The number of amides is 2. The number of fused-ring (bicyclic) bond motifs is 1. The van der Waals surface area contributed by atoms with Crippen LogP contribution in [0.25, 0.3) is 0 Å². The molecule has 0 spiro atoms. The Balaban J connectivity index is 1.64. The van der Waals surface area contributed by atoms with Crippen molar-refractivity contribution in [2.24, 2.45) is 11.8 Å². The molecular weight excluding hydrogens is 240 g/mol. The molecule has 0 aromatic heterocycles. The van der Waals surface area contributed by atoms with Crippen LogP contribution in [-0.2, 0) is 9.59 Å². The Morgan fingerprint density at radius 2 is 2.00 bits per heavy atom. The zero-order chi connectivity index (χ0) is 13.4. The maximum Gasteiger partial charge on any atom is 0.245 e. The molecule has 1 saturated carbocycles. The smallest absolute Gasteiger partial charge is 0.245 e. The predicted octanol–water partition coefficient (Wildman–Crippen LogP) is 1.65. The second kappa shape index (κ2) is 5.14. The third kappa shape index (κ3) is 2.49. The van der Waals surface area contributed by atoms with Gasteiger partial charge in [0, 0.05) is 13.1 Å². The van der Waals surface area contributed by atoms with Crippen LogP contribution < -0.4 is 0 Å². The lowest BCUT2D eigenvalue weighted by Crippen LogP contribution is -2.58. The minimum atomic E-state index is -0.137. The number of rotatable bonds is 2. The van der Waals surface area contributed by atoms with Crippen molar-refractivity contribution in [3.8, 4) is 0 Å². The topological polar surface area (TPSA) is 40.6 Å². The fraction of sp³-hybridized carbons (Fsp3) is 0.867. The van der Waals surface area contributed by atoms with Crippen molar-refractivity contribution in [3.05, 3.63) is 0 Å². The molecule has 2 heterocycles. The third-order valence-corrected chi connectivity index (χ3v) is 5.02. The van der Waals surface area contributed by atoms with E-state index in [-0.39, 0.29) is 17.9 Å². The first kappa shape index (κ1) is 12.9. The van der Waals surface area contributed by atoms with E-state index < -0.39 is 0 Å². The number of nitrogens with zero attached hydrogens (tertiary/aromatic N) is 2. The summed E-state index contributed by atoms with van der Waals surface area (Å²) in [5.74, 6) is 1.74. The number of carbonyl (C=O) groups is 2. The average Bonchev–Trinajstić information content (AvgIpc) is 2.85. The summed E-state index contributed by atoms with van der Waals surface area (Å²) >= 11 is 0. The molecule has 4 nitrogen and oxygen atoms in total. The van der Waals surface area contributed by atoms with Crippen LogP contribution in [0.3, 0.4) is 0 Å². The summed E-state index contributed by atoms with van der Waals surface area (Å²) in [7, 11) is 0. The molecule has 0 radical (unpaired) electrons. The van der Waals surface area contributed by atoms with Gasteiger partial charge in [0.05, 0.1) is 6.54 Å². The summed E-state index contributed by atoms with van der Waals surface area (Å²) in [6.07, 6.45) is 6.87. The monoisotopic (exact) mass is 264 g/mol. The lowest BCUT2D eigenvalue weighted by Gasteiger charge is -2.39. The third-order valence-electron chi connectivity index (χ3n) is 5.02. The fourth-order valence-corrected chi connectivity index (χ4v) is 4.06. The first-order valence-electron chi connectivity index (χ1n) is 7.73. The Kier molecular flexibility index (Phi) is 3.50. The van der Waals surface area contributed by atoms with Crippen LogP contribution in [-0.4, -0.2) is 47.3 Å². The lowest BCUT2D eigenvalue weighted by molar-refractivity contribution is -0.154. The summed E-state index contributed by atoms with van der Waals surface area (Å²) in [4.78, 5) is 28.1. The van der Waals surface area contributed by atoms with Crippen molar-refractivity contribution in [1.82, 2.24) is 9.80 Å². The molecule has 4 heteroatoms. The molecule has 0 aromatic rings. The van der Waals surface area contributed by atoms with E-state index >= 15 is 0 Å². The Labute approximate surface area is 115 Å². The maximum absolute atomic E-state index is 12.4. The standard InChI is InChI=1S/C15H24N2O2/c1-11-4-2-5-12(8-11)9-16-10-14(18)17-7-3-6-13(17)15(16)19/h11-13H,2-10H2,1H3. The van der Waals surface area contributed by atoms with E-state index in [0.29, 0.717) is 12.5 Å². The van der Waals surface area contributed by atoms with Gasteiger partial charge >= 0.3 is 0 Å².